The molecule has 0 aliphatic heterocycles. The summed E-state index contributed by atoms with van der Waals surface area (Å²) < 4.78 is 1.96. The van der Waals surface area contributed by atoms with Crippen molar-refractivity contribution in [2.24, 2.45) is 13.0 Å². The molecule has 1 rings (SSSR count). The third-order valence-electron chi connectivity index (χ3n) is 3.20. The van der Waals surface area contributed by atoms with Crippen LogP contribution in [0.1, 0.15) is 45.9 Å². The van der Waals surface area contributed by atoms with E-state index >= 15 is 0 Å². The maximum atomic E-state index is 4.08. The molecule has 1 aromatic rings. The average molecular weight is 224 g/mol. The zero-order valence-corrected chi connectivity index (χ0v) is 10.9. The van der Waals surface area contributed by atoms with Crippen molar-refractivity contribution in [2.75, 3.05) is 0 Å². The second-order valence-electron chi connectivity index (χ2n) is 4.52. The molecule has 0 aliphatic rings. The maximum Gasteiger partial charge on any atom is 0.146 e. The molecule has 0 saturated carbocycles. The van der Waals surface area contributed by atoms with Gasteiger partial charge in [-0.2, -0.15) is 0 Å². The van der Waals surface area contributed by atoms with Gasteiger partial charge in [0, 0.05) is 13.1 Å². The molecule has 4 nitrogen and oxygen atoms in total. The molecule has 2 atom stereocenters. The molecule has 0 radical (unpaired) electrons. The zero-order chi connectivity index (χ0) is 12.0. The van der Waals surface area contributed by atoms with Crippen molar-refractivity contribution in [3.8, 4) is 0 Å². The van der Waals surface area contributed by atoms with Crippen LogP contribution in [-0.4, -0.2) is 20.8 Å². The van der Waals surface area contributed by atoms with Crippen molar-refractivity contribution < 1.29 is 0 Å². The number of hydrogen-bond acceptors (Lipinski definition) is 3. The van der Waals surface area contributed by atoms with Crippen LogP contribution < -0.4 is 5.32 Å². The third-order valence-corrected chi connectivity index (χ3v) is 3.20. The Kier molecular flexibility index (Phi) is 5.46. The van der Waals surface area contributed by atoms with Crippen LogP contribution in [0.5, 0.6) is 0 Å². The minimum absolute atomic E-state index is 0.580. The van der Waals surface area contributed by atoms with E-state index in [-0.39, 0.29) is 0 Å². The minimum atomic E-state index is 0.580. The fraction of sp³-hybridized carbons (Fsp3) is 0.833. The van der Waals surface area contributed by atoms with Gasteiger partial charge in [-0.05, 0) is 18.8 Å². The fourth-order valence-electron chi connectivity index (χ4n) is 2.09. The van der Waals surface area contributed by atoms with Crippen molar-refractivity contribution in [2.45, 2.75) is 52.6 Å². The Labute approximate surface area is 98.5 Å². The first-order valence-corrected chi connectivity index (χ1v) is 6.25. The number of nitrogens with one attached hydrogen (secondary N) is 1. The van der Waals surface area contributed by atoms with Crippen molar-refractivity contribution >= 4 is 0 Å². The molecule has 0 aromatic carbocycles. The van der Waals surface area contributed by atoms with Crippen LogP contribution in [0.3, 0.4) is 0 Å². The van der Waals surface area contributed by atoms with Gasteiger partial charge < -0.3 is 9.88 Å². The number of aromatic nitrogens is 3. The van der Waals surface area contributed by atoms with Crippen LogP contribution in [0.4, 0.5) is 0 Å². The summed E-state index contributed by atoms with van der Waals surface area (Å²) in [6.07, 6.45) is 5.44. The fourth-order valence-corrected chi connectivity index (χ4v) is 2.09. The van der Waals surface area contributed by atoms with E-state index < -0.39 is 0 Å². The third kappa shape index (κ3) is 3.59. The highest BCUT2D eigenvalue weighted by atomic mass is 15.3. The van der Waals surface area contributed by atoms with Gasteiger partial charge in [-0.1, -0.05) is 27.2 Å². The monoisotopic (exact) mass is 224 g/mol. The van der Waals surface area contributed by atoms with Gasteiger partial charge >= 0.3 is 0 Å². The molecular weight excluding hydrogens is 200 g/mol. The quantitative estimate of drug-likeness (QED) is 0.771. The van der Waals surface area contributed by atoms with Gasteiger partial charge in [-0.25, -0.2) is 0 Å². The molecule has 0 aliphatic carbocycles. The predicted octanol–water partition coefficient (Wildman–Crippen LogP) is 2.12. The summed E-state index contributed by atoms with van der Waals surface area (Å²) in [4.78, 5) is 0. The van der Waals surface area contributed by atoms with E-state index in [1.165, 1.54) is 19.3 Å². The van der Waals surface area contributed by atoms with Crippen LogP contribution in [0, 0.1) is 5.92 Å². The summed E-state index contributed by atoms with van der Waals surface area (Å²) in [7, 11) is 1.98. The average Bonchev–Trinajstić information content (AvgIpc) is 2.66. The van der Waals surface area contributed by atoms with Gasteiger partial charge in [-0.15, -0.1) is 10.2 Å². The van der Waals surface area contributed by atoms with Crippen LogP contribution in [0.2, 0.25) is 0 Å². The zero-order valence-electron chi connectivity index (χ0n) is 10.9. The van der Waals surface area contributed by atoms with E-state index in [1.807, 2.05) is 11.6 Å². The van der Waals surface area contributed by atoms with E-state index in [0.29, 0.717) is 6.04 Å². The maximum absolute atomic E-state index is 4.08. The second kappa shape index (κ2) is 6.63. The molecular formula is C12H24N4. The predicted molar refractivity (Wildman–Crippen MR) is 66.0 cm³/mol. The van der Waals surface area contributed by atoms with E-state index in [0.717, 1.165) is 18.3 Å². The van der Waals surface area contributed by atoms with E-state index in [2.05, 4.69) is 36.3 Å². The first-order valence-electron chi connectivity index (χ1n) is 6.25. The van der Waals surface area contributed by atoms with Crippen molar-refractivity contribution in [3.63, 3.8) is 0 Å². The number of nitrogens with zero attached hydrogens (tertiary/aromatic N) is 3. The molecule has 0 bridgehead atoms. The summed E-state index contributed by atoms with van der Waals surface area (Å²) in [5, 5.41) is 11.5. The smallest absolute Gasteiger partial charge is 0.146 e. The highest BCUT2D eigenvalue weighted by molar-refractivity contribution is 4.85. The van der Waals surface area contributed by atoms with Gasteiger partial charge in [0.1, 0.15) is 12.2 Å². The molecule has 2 unspecified atom stereocenters. The molecule has 92 valence electrons. The van der Waals surface area contributed by atoms with Crippen molar-refractivity contribution in [1.29, 1.82) is 0 Å². The van der Waals surface area contributed by atoms with Crippen LogP contribution in [-0.2, 0) is 13.6 Å². The summed E-state index contributed by atoms with van der Waals surface area (Å²) in [5.74, 6) is 1.73. The van der Waals surface area contributed by atoms with Crippen molar-refractivity contribution in [3.05, 3.63) is 12.2 Å². The molecule has 1 heterocycles. The summed E-state index contributed by atoms with van der Waals surface area (Å²) in [6, 6.07) is 0.580. The normalized spacial score (nSPS) is 15.0. The van der Waals surface area contributed by atoms with Crippen LogP contribution in [0.15, 0.2) is 6.33 Å². The lowest BCUT2D eigenvalue weighted by Gasteiger charge is -2.23. The molecule has 1 aromatic heterocycles. The summed E-state index contributed by atoms with van der Waals surface area (Å²) in [5.41, 5.74) is 0. The SMILES string of the molecule is CCCC(C)C(CC)NCc1nncn1C. The molecule has 0 amide bonds. The molecule has 0 spiro atoms. The molecule has 4 heteroatoms. The van der Waals surface area contributed by atoms with Gasteiger partial charge in [0.2, 0.25) is 0 Å². The van der Waals surface area contributed by atoms with Gasteiger partial charge in [0.25, 0.3) is 0 Å². The molecule has 0 saturated heterocycles. The highest BCUT2D eigenvalue weighted by Gasteiger charge is 2.14. The largest absolute Gasteiger partial charge is 0.320 e. The first-order chi connectivity index (χ1) is 7.69. The van der Waals surface area contributed by atoms with Crippen LogP contribution in [0.25, 0.3) is 0 Å². The Morgan fingerprint density at radius 2 is 2.19 bits per heavy atom. The van der Waals surface area contributed by atoms with Gasteiger partial charge in [0.15, 0.2) is 0 Å². The summed E-state index contributed by atoms with van der Waals surface area (Å²) >= 11 is 0. The lowest BCUT2D eigenvalue weighted by molar-refractivity contribution is 0.340. The Hall–Kier alpha value is -0.900. The minimum Gasteiger partial charge on any atom is -0.320 e. The van der Waals surface area contributed by atoms with Crippen molar-refractivity contribution in [1.82, 2.24) is 20.1 Å². The molecule has 0 fully saturated rings. The lowest BCUT2D eigenvalue weighted by atomic mass is 9.95. The number of hydrogen-bond donors (Lipinski definition) is 1. The van der Waals surface area contributed by atoms with E-state index in [1.54, 1.807) is 6.33 Å². The van der Waals surface area contributed by atoms with E-state index in [9.17, 15) is 0 Å². The van der Waals surface area contributed by atoms with Gasteiger partial charge in [0.05, 0.1) is 6.54 Å². The number of aryl methyl sites for hydroxylation is 1. The molecule has 1 N–H and O–H groups in total. The first kappa shape index (κ1) is 13.2. The Morgan fingerprint density at radius 1 is 1.44 bits per heavy atom. The second-order valence-corrected chi connectivity index (χ2v) is 4.52. The molecule has 16 heavy (non-hydrogen) atoms. The van der Waals surface area contributed by atoms with E-state index in [4.69, 9.17) is 0 Å². The topological polar surface area (TPSA) is 42.7 Å². The summed E-state index contributed by atoms with van der Waals surface area (Å²) in [6.45, 7) is 7.61. The Bertz CT molecular complexity index is 295. The van der Waals surface area contributed by atoms with Crippen LogP contribution >= 0.6 is 0 Å². The number of rotatable bonds is 7. The lowest BCUT2D eigenvalue weighted by Crippen LogP contribution is -2.34. The standard InChI is InChI=1S/C12H24N4/c1-5-7-10(3)11(6-2)13-8-12-15-14-9-16(12)4/h9-11,13H,5-8H2,1-4H3. The Morgan fingerprint density at radius 3 is 2.69 bits per heavy atom. The highest BCUT2D eigenvalue weighted by Crippen LogP contribution is 2.13. The van der Waals surface area contributed by atoms with Gasteiger partial charge in [-0.3, -0.25) is 0 Å². The Balaban J connectivity index is 2.42.